The highest BCUT2D eigenvalue weighted by molar-refractivity contribution is 5.98. The number of aromatic nitrogens is 1. The SMILES string of the molecule is CC(OC(=O)c1ccccc1Oc1cccnc1)C(=O)Nc1ccccc1C(F)(F)F. The summed E-state index contributed by atoms with van der Waals surface area (Å²) in [4.78, 5) is 28.8. The Morgan fingerprint density at radius 3 is 2.42 bits per heavy atom. The van der Waals surface area contributed by atoms with E-state index in [-0.39, 0.29) is 11.3 Å². The third-order valence-corrected chi connectivity index (χ3v) is 4.11. The van der Waals surface area contributed by atoms with Crippen LogP contribution in [0, 0.1) is 0 Å². The van der Waals surface area contributed by atoms with Gasteiger partial charge in [0.05, 0.1) is 17.4 Å². The molecule has 6 nitrogen and oxygen atoms in total. The average Bonchev–Trinajstić information content (AvgIpc) is 2.74. The van der Waals surface area contributed by atoms with Crippen LogP contribution in [0.1, 0.15) is 22.8 Å². The molecule has 0 fully saturated rings. The number of halogens is 3. The molecule has 160 valence electrons. The topological polar surface area (TPSA) is 77.5 Å². The maximum Gasteiger partial charge on any atom is 0.418 e. The molecule has 31 heavy (non-hydrogen) atoms. The summed E-state index contributed by atoms with van der Waals surface area (Å²) >= 11 is 0. The van der Waals surface area contributed by atoms with Crippen molar-refractivity contribution in [2.45, 2.75) is 19.2 Å². The Morgan fingerprint density at radius 1 is 1.00 bits per heavy atom. The van der Waals surface area contributed by atoms with Crippen molar-refractivity contribution in [2.24, 2.45) is 0 Å². The molecule has 3 rings (SSSR count). The Labute approximate surface area is 175 Å². The number of nitrogens with one attached hydrogen (secondary N) is 1. The Balaban J connectivity index is 1.71. The van der Waals surface area contributed by atoms with Crippen LogP contribution in [-0.4, -0.2) is 23.0 Å². The normalized spacial score (nSPS) is 12.0. The zero-order valence-electron chi connectivity index (χ0n) is 16.2. The number of amides is 1. The minimum atomic E-state index is -4.65. The first kappa shape index (κ1) is 21.8. The number of esters is 1. The molecule has 1 heterocycles. The van der Waals surface area contributed by atoms with E-state index >= 15 is 0 Å². The number of anilines is 1. The van der Waals surface area contributed by atoms with Crippen molar-refractivity contribution < 1.29 is 32.2 Å². The van der Waals surface area contributed by atoms with Gasteiger partial charge in [0.2, 0.25) is 0 Å². The summed E-state index contributed by atoms with van der Waals surface area (Å²) in [6.07, 6.45) is -2.99. The van der Waals surface area contributed by atoms with E-state index < -0.39 is 35.4 Å². The quantitative estimate of drug-likeness (QED) is 0.552. The monoisotopic (exact) mass is 430 g/mol. The lowest BCUT2D eigenvalue weighted by Gasteiger charge is -2.17. The molecule has 0 radical (unpaired) electrons. The van der Waals surface area contributed by atoms with Crippen molar-refractivity contribution in [1.82, 2.24) is 4.98 Å². The summed E-state index contributed by atoms with van der Waals surface area (Å²) in [7, 11) is 0. The molecular formula is C22H17F3N2O4. The van der Waals surface area contributed by atoms with Gasteiger partial charge in [-0.1, -0.05) is 24.3 Å². The second-order valence-corrected chi connectivity index (χ2v) is 6.37. The van der Waals surface area contributed by atoms with Crippen molar-refractivity contribution in [3.63, 3.8) is 0 Å². The van der Waals surface area contributed by atoms with E-state index in [9.17, 15) is 22.8 Å². The Morgan fingerprint density at radius 2 is 1.71 bits per heavy atom. The largest absolute Gasteiger partial charge is 0.455 e. The number of hydrogen-bond acceptors (Lipinski definition) is 5. The molecule has 1 amide bonds. The van der Waals surface area contributed by atoms with Crippen LogP contribution in [0.4, 0.5) is 18.9 Å². The van der Waals surface area contributed by atoms with Crippen LogP contribution in [0.2, 0.25) is 0 Å². The zero-order chi connectivity index (χ0) is 22.4. The van der Waals surface area contributed by atoms with Gasteiger partial charge in [-0.05, 0) is 43.3 Å². The van der Waals surface area contributed by atoms with E-state index in [0.29, 0.717) is 5.75 Å². The summed E-state index contributed by atoms with van der Waals surface area (Å²) in [6, 6.07) is 14.0. The third kappa shape index (κ3) is 5.59. The predicted octanol–water partition coefficient (Wildman–Crippen LogP) is 5.08. The van der Waals surface area contributed by atoms with Gasteiger partial charge in [0, 0.05) is 6.20 Å². The highest BCUT2D eigenvalue weighted by Gasteiger charge is 2.34. The van der Waals surface area contributed by atoms with E-state index in [0.717, 1.165) is 12.1 Å². The number of alkyl halides is 3. The van der Waals surface area contributed by atoms with Crippen molar-refractivity contribution in [1.29, 1.82) is 0 Å². The molecule has 9 heteroatoms. The summed E-state index contributed by atoms with van der Waals surface area (Å²) in [5, 5.41) is 2.15. The van der Waals surface area contributed by atoms with Crippen LogP contribution in [0.5, 0.6) is 11.5 Å². The van der Waals surface area contributed by atoms with Crippen LogP contribution in [-0.2, 0) is 15.7 Å². The zero-order valence-corrected chi connectivity index (χ0v) is 16.2. The van der Waals surface area contributed by atoms with Gasteiger partial charge in [0.15, 0.2) is 6.10 Å². The summed E-state index contributed by atoms with van der Waals surface area (Å²) in [6.45, 7) is 1.26. The molecule has 1 N–H and O–H groups in total. The van der Waals surface area contributed by atoms with Crippen molar-refractivity contribution in [3.8, 4) is 11.5 Å². The van der Waals surface area contributed by atoms with E-state index in [4.69, 9.17) is 9.47 Å². The first-order chi connectivity index (χ1) is 14.8. The molecule has 2 aromatic carbocycles. The molecule has 3 aromatic rings. The van der Waals surface area contributed by atoms with Crippen LogP contribution in [0.3, 0.4) is 0 Å². The Bertz CT molecular complexity index is 1070. The lowest BCUT2D eigenvalue weighted by Crippen LogP contribution is -2.30. The number of carbonyl (C=O) groups excluding carboxylic acids is 2. The van der Waals surface area contributed by atoms with Gasteiger partial charge in [-0.2, -0.15) is 13.2 Å². The van der Waals surface area contributed by atoms with Crippen molar-refractivity contribution in [3.05, 3.63) is 84.2 Å². The van der Waals surface area contributed by atoms with E-state index in [1.165, 1.54) is 37.4 Å². The first-order valence-corrected chi connectivity index (χ1v) is 9.10. The van der Waals surface area contributed by atoms with Crippen LogP contribution >= 0.6 is 0 Å². The van der Waals surface area contributed by atoms with Gasteiger partial charge < -0.3 is 14.8 Å². The summed E-state index contributed by atoms with van der Waals surface area (Å²) in [5.74, 6) is -1.21. The highest BCUT2D eigenvalue weighted by atomic mass is 19.4. The van der Waals surface area contributed by atoms with Crippen molar-refractivity contribution >= 4 is 17.6 Å². The minimum absolute atomic E-state index is 0.0432. The fraction of sp³-hybridized carbons (Fsp3) is 0.136. The standard InChI is InChI=1S/C22H17F3N2O4/c1-14(20(28)27-18-10-4-3-9-17(18)22(23,24)25)30-21(29)16-8-2-5-11-19(16)31-15-7-6-12-26-13-15/h2-14H,1H3,(H,27,28). The Hall–Kier alpha value is -3.88. The van der Waals surface area contributed by atoms with Gasteiger partial charge in [-0.25, -0.2) is 4.79 Å². The predicted molar refractivity (Wildman–Crippen MR) is 106 cm³/mol. The highest BCUT2D eigenvalue weighted by Crippen LogP contribution is 2.34. The maximum absolute atomic E-state index is 13.1. The summed E-state index contributed by atoms with van der Waals surface area (Å²) in [5.41, 5.74) is -1.39. The third-order valence-electron chi connectivity index (χ3n) is 4.11. The number of para-hydroxylation sites is 2. The number of pyridine rings is 1. The molecule has 1 atom stereocenters. The van der Waals surface area contributed by atoms with Gasteiger partial charge >= 0.3 is 12.1 Å². The van der Waals surface area contributed by atoms with Crippen LogP contribution in [0.15, 0.2) is 73.1 Å². The van der Waals surface area contributed by atoms with E-state index in [1.807, 2.05) is 0 Å². The lowest BCUT2D eigenvalue weighted by molar-refractivity contribution is -0.137. The molecule has 0 aliphatic carbocycles. The fourth-order valence-electron chi connectivity index (χ4n) is 2.61. The number of hydrogen-bond donors (Lipinski definition) is 1. The smallest absolute Gasteiger partial charge is 0.418 e. The molecule has 0 spiro atoms. The molecule has 0 aliphatic rings. The minimum Gasteiger partial charge on any atom is -0.455 e. The van der Waals surface area contributed by atoms with Gasteiger partial charge in [0.1, 0.15) is 17.1 Å². The number of rotatable bonds is 6. The average molecular weight is 430 g/mol. The van der Waals surface area contributed by atoms with Gasteiger partial charge in [-0.3, -0.25) is 9.78 Å². The Kier molecular flexibility index (Phi) is 6.54. The van der Waals surface area contributed by atoms with E-state index in [2.05, 4.69) is 10.3 Å². The number of carbonyl (C=O) groups is 2. The van der Waals surface area contributed by atoms with Crippen molar-refractivity contribution in [2.75, 3.05) is 5.32 Å². The maximum atomic E-state index is 13.1. The number of ether oxygens (including phenoxy) is 2. The van der Waals surface area contributed by atoms with Gasteiger partial charge in [-0.15, -0.1) is 0 Å². The molecule has 0 bridgehead atoms. The molecule has 0 saturated carbocycles. The molecule has 1 aromatic heterocycles. The van der Waals surface area contributed by atoms with Gasteiger partial charge in [0.25, 0.3) is 5.91 Å². The lowest BCUT2D eigenvalue weighted by atomic mass is 10.1. The molecule has 0 saturated heterocycles. The first-order valence-electron chi connectivity index (χ1n) is 9.10. The molecule has 0 aliphatic heterocycles. The summed E-state index contributed by atoms with van der Waals surface area (Å²) < 4.78 is 50.1. The van der Waals surface area contributed by atoms with Crippen LogP contribution in [0.25, 0.3) is 0 Å². The van der Waals surface area contributed by atoms with E-state index in [1.54, 1.807) is 30.5 Å². The molecular weight excluding hydrogens is 413 g/mol. The second kappa shape index (κ2) is 9.29. The molecule has 1 unspecified atom stereocenters. The second-order valence-electron chi connectivity index (χ2n) is 6.37. The number of benzene rings is 2. The fourth-order valence-corrected chi connectivity index (χ4v) is 2.61. The van der Waals surface area contributed by atoms with Crippen LogP contribution < -0.4 is 10.1 Å². The number of nitrogens with zero attached hydrogens (tertiary/aromatic N) is 1.